The third kappa shape index (κ3) is 1.48. The molecular formula is C14H12ClN. The molecule has 0 amide bonds. The zero-order valence-electron chi connectivity index (χ0n) is 8.78. The van der Waals surface area contributed by atoms with E-state index in [-0.39, 0.29) is 0 Å². The number of rotatable bonds is 1. The van der Waals surface area contributed by atoms with Gasteiger partial charge in [0, 0.05) is 23.2 Å². The molecule has 0 aromatic heterocycles. The molecular weight excluding hydrogens is 218 g/mol. The van der Waals surface area contributed by atoms with E-state index in [0.29, 0.717) is 5.92 Å². The third-order valence-electron chi connectivity index (χ3n) is 3.11. The van der Waals surface area contributed by atoms with Gasteiger partial charge in [-0.3, -0.25) is 0 Å². The van der Waals surface area contributed by atoms with Crippen molar-refractivity contribution in [2.24, 2.45) is 0 Å². The first-order chi connectivity index (χ1) is 7.86. The van der Waals surface area contributed by atoms with Crippen LogP contribution in [0.4, 0.5) is 5.69 Å². The lowest BCUT2D eigenvalue weighted by molar-refractivity contribution is 0.907. The highest BCUT2D eigenvalue weighted by Crippen LogP contribution is 2.38. The van der Waals surface area contributed by atoms with Crippen molar-refractivity contribution in [1.29, 1.82) is 0 Å². The van der Waals surface area contributed by atoms with Crippen LogP contribution in [-0.4, -0.2) is 6.54 Å². The van der Waals surface area contributed by atoms with Gasteiger partial charge in [0.2, 0.25) is 0 Å². The van der Waals surface area contributed by atoms with Crippen LogP contribution in [0.15, 0.2) is 48.5 Å². The lowest BCUT2D eigenvalue weighted by Gasteiger charge is -2.12. The molecule has 1 aliphatic rings. The molecule has 1 aliphatic heterocycles. The van der Waals surface area contributed by atoms with E-state index < -0.39 is 0 Å². The Bertz CT molecular complexity index is 522. The zero-order valence-corrected chi connectivity index (χ0v) is 9.54. The molecule has 0 saturated carbocycles. The average molecular weight is 230 g/mol. The second kappa shape index (κ2) is 3.84. The van der Waals surface area contributed by atoms with E-state index in [1.54, 1.807) is 0 Å². The van der Waals surface area contributed by atoms with Gasteiger partial charge in [0.15, 0.2) is 0 Å². The smallest absolute Gasteiger partial charge is 0.0444 e. The summed E-state index contributed by atoms with van der Waals surface area (Å²) in [5, 5.41) is 4.27. The number of halogens is 1. The Morgan fingerprint density at radius 3 is 2.44 bits per heavy atom. The normalized spacial score (nSPS) is 17.9. The SMILES string of the molecule is Clc1ccccc1C1CNc2ccccc21. The fourth-order valence-corrected chi connectivity index (χ4v) is 2.59. The van der Waals surface area contributed by atoms with Gasteiger partial charge >= 0.3 is 0 Å². The quantitative estimate of drug-likeness (QED) is 0.782. The summed E-state index contributed by atoms with van der Waals surface area (Å²) in [7, 11) is 0. The van der Waals surface area contributed by atoms with Crippen LogP contribution in [-0.2, 0) is 0 Å². The molecule has 0 radical (unpaired) electrons. The van der Waals surface area contributed by atoms with Crippen LogP contribution < -0.4 is 5.32 Å². The standard InChI is InChI=1S/C14H12ClN/c15-13-7-3-1-5-10(13)12-9-16-14-8-4-2-6-11(12)14/h1-8,12,16H,9H2. The molecule has 1 heterocycles. The summed E-state index contributed by atoms with van der Waals surface area (Å²) in [5.74, 6) is 0.380. The highest BCUT2D eigenvalue weighted by molar-refractivity contribution is 6.31. The molecule has 0 fully saturated rings. The minimum Gasteiger partial charge on any atom is -0.384 e. The summed E-state index contributed by atoms with van der Waals surface area (Å²) in [5.41, 5.74) is 3.78. The number of hydrogen-bond acceptors (Lipinski definition) is 1. The zero-order chi connectivity index (χ0) is 11.0. The van der Waals surface area contributed by atoms with Crippen molar-refractivity contribution in [2.75, 3.05) is 11.9 Å². The number of nitrogens with one attached hydrogen (secondary N) is 1. The van der Waals surface area contributed by atoms with E-state index in [2.05, 4.69) is 35.6 Å². The van der Waals surface area contributed by atoms with Gasteiger partial charge in [-0.05, 0) is 23.3 Å². The summed E-state index contributed by atoms with van der Waals surface area (Å²) in [4.78, 5) is 0. The van der Waals surface area contributed by atoms with Crippen molar-refractivity contribution in [3.63, 3.8) is 0 Å². The summed E-state index contributed by atoms with van der Waals surface area (Å²) >= 11 is 6.24. The van der Waals surface area contributed by atoms with Gasteiger partial charge < -0.3 is 5.32 Å². The molecule has 2 heteroatoms. The lowest BCUT2D eigenvalue weighted by atomic mass is 9.93. The van der Waals surface area contributed by atoms with Gasteiger partial charge in [0.25, 0.3) is 0 Å². The minimum atomic E-state index is 0.380. The first-order valence-electron chi connectivity index (χ1n) is 5.43. The maximum Gasteiger partial charge on any atom is 0.0444 e. The van der Waals surface area contributed by atoms with E-state index in [1.165, 1.54) is 16.8 Å². The van der Waals surface area contributed by atoms with Gasteiger partial charge in [-0.25, -0.2) is 0 Å². The van der Waals surface area contributed by atoms with E-state index >= 15 is 0 Å². The Labute approximate surface area is 100 Å². The van der Waals surface area contributed by atoms with Gasteiger partial charge in [-0.15, -0.1) is 0 Å². The fourth-order valence-electron chi connectivity index (χ4n) is 2.32. The van der Waals surface area contributed by atoms with Crippen molar-refractivity contribution in [2.45, 2.75) is 5.92 Å². The number of fused-ring (bicyclic) bond motifs is 1. The number of hydrogen-bond donors (Lipinski definition) is 1. The van der Waals surface area contributed by atoms with Crippen LogP contribution in [0, 0.1) is 0 Å². The Balaban J connectivity index is 2.08. The van der Waals surface area contributed by atoms with Crippen molar-refractivity contribution in [3.05, 3.63) is 64.7 Å². The van der Waals surface area contributed by atoms with Crippen molar-refractivity contribution in [3.8, 4) is 0 Å². The third-order valence-corrected chi connectivity index (χ3v) is 3.46. The largest absolute Gasteiger partial charge is 0.384 e. The molecule has 16 heavy (non-hydrogen) atoms. The second-order valence-electron chi connectivity index (χ2n) is 4.04. The monoisotopic (exact) mass is 229 g/mol. The molecule has 2 aromatic rings. The predicted molar refractivity (Wildman–Crippen MR) is 68.2 cm³/mol. The summed E-state index contributed by atoms with van der Waals surface area (Å²) in [6.07, 6.45) is 0. The highest BCUT2D eigenvalue weighted by atomic mass is 35.5. The average Bonchev–Trinajstić information content (AvgIpc) is 2.74. The van der Waals surface area contributed by atoms with Crippen molar-refractivity contribution < 1.29 is 0 Å². The van der Waals surface area contributed by atoms with Crippen LogP contribution in [0.5, 0.6) is 0 Å². The summed E-state index contributed by atoms with van der Waals surface area (Å²) in [6, 6.07) is 16.5. The molecule has 1 unspecified atom stereocenters. The summed E-state index contributed by atoms with van der Waals surface area (Å²) < 4.78 is 0. The molecule has 1 nitrogen and oxygen atoms in total. The van der Waals surface area contributed by atoms with Crippen LogP contribution in [0.25, 0.3) is 0 Å². The lowest BCUT2D eigenvalue weighted by Crippen LogP contribution is -2.04. The van der Waals surface area contributed by atoms with E-state index in [4.69, 9.17) is 11.6 Å². The van der Waals surface area contributed by atoms with E-state index in [0.717, 1.165) is 11.6 Å². The van der Waals surface area contributed by atoms with Gasteiger partial charge in [0.1, 0.15) is 0 Å². The Morgan fingerprint density at radius 2 is 1.62 bits per heavy atom. The molecule has 3 rings (SSSR count). The first-order valence-corrected chi connectivity index (χ1v) is 5.81. The Kier molecular flexibility index (Phi) is 2.33. The second-order valence-corrected chi connectivity index (χ2v) is 4.45. The number of anilines is 1. The summed E-state index contributed by atoms with van der Waals surface area (Å²) in [6.45, 7) is 0.934. The van der Waals surface area contributed by atoms with Gasteiger partial charge in [-0.1, -0.05) is 48.0 Å². The van der Waals surface area contributed by atoms with E-state index in [9.17, 15) is 0 Å². The first kappa shape index (κ1) is 9.73. The molecule has 0 spiro atoms. The topological polar surface area (TPSA) is 12.0 Å². The molecule has 0 saturated heterocycles. The molecule has 0 bridgehead atoms. The molecule has 1 atom stereocenters. The van der Waals surface area contributed by atoms with Crippen LogP contribution in [0.2, 0.25) is 5.02 Å². The maximum atomic E-state index is 6.24. The van der Waals surface area contributed by atoms with Gasteiger partial charge in [0.05, 0.1) is 0 Å². The van der Waals surface area contributed by atoms with Crippen molar-refractivity contribution in [1.82, 2.24) is 0 Å². The predicted octanol–water partition coefficient (Wildman–Crippen LogP) is 3.90. The van der Waals surface area contributed by atoms with Gasteiger partial charge in [-0.2, -0.15) is 0 Å². The highest BCUT2D eigenvalue weighted by Gasteiger charge is 2.24. The molecule has 0 aliphatic carbocycles. The number of benzene rings is 2. The minimum absolute atomic E-state index is 0.380. The Hall–Kier alpha value is -1.47. The molecule has 1 N–H and O–H groups in total. The van der Waals surface area contributed by atoms with Crippen LogP contribution >= 0.6 is 11.6 Å². The molecule has 2 aromatic carbocycles. The maximum absolute atomic E-state index is 6.24. The van der Waals surface area contributed by atoms with E-state index in [1.807, 2.05) is 18.2 Å². The molecule has 80 valence electrons. The van der Waals surface area contributed by atoms with Crippen LogP contribution in [0.1, 0.15) is 17.0 Å². The Morgan fingerprint density at radius 1 is 0.938 bits per heavy atom. The van der Waals surface area contributed by atoms with Crippen molar-refractivity contribution >= 4 is 17.3 Å². The fraction of sp³-hybridized carbons (Fsp3) is 0.143. The van der Waals surface area contributed by atoms with Crippen LogP contribution in [0.3, 0.4) is 0 Å². The number of para-hydroxylation sites is 1.